The van der Waals surface area contributed by atoms with Gasteiger partial charge in [0.25, 0.3) is 5.91 Å². The minimum absolute atomic E-state index is 0.0700. The molecule has 0 radical (unpaired) electrons. The monoisotopic (exact) mass is 762 g/mol. The SMILES string of the molecule is COc1cc(/C(F)=C/c2cccc(-c3cccc(NC(=O)c4cc5n(n4)CCC[C@@H]5N4CCC(C(=O)O)CC4)c3Cl)c2Cl)ncc1CN1CC[C@@H](O)C1. The zero-order valence-corrected chi connectivity index (χ0v) is 30.8. The minimum atomic E-state index is -0.742. The number of carboxylic acid groups (broad SMARTS) is 1. The number of hydrogen-bond donors (Lipinski definition) is 3. The number of anilines is 1. The quantitative estimate of drug-likeness (QED) is 0.154. The molecule has 2 saturated heterocycles. The standard InChI is InChI=1S/C39H41Cl2FN6O5/c1-53-35-19-31(43-20-25(35)21-46-14-12-26(49)22-46)29(42)17-24-5-2-6-27(36(24)40)28-7-3-8-30(37(28)41)44-38(50)32-18-34-33(9-4-13-48(34)45-32)47-15-10-23(11-16-47)39(51)52/h2-3,5-8,17-20,23,26,33,49H,4,9-16,21-22H2,1H3,(H,44,50)(H,51,52)/b29-17-/t26-,33+/m1/s1. The Labute approximate surface area is 317 Å². The van der Waals surface area contributed by atoms with Crippen LogP contribution in [0.3, 0.4) is 0 Å². The van der Waals surface area contributed by atoms with Gasteiger partial charge >= 0.3 is 5.97 Å². The van der Waals surface area contributed by atoms with E-state index in [1.165, 1.54) is 13.2 Å². The highest BCUT2D eigenvalue weighted by Gasteiger charge is 2.33. The number of aryl methyl sites for hydroxylation is 1. The molecule has 3 N–H and O–H groups in total. The number of ether oxygens (including phenoxy) is 1. The van der Waals surface area contributed by atoms with Crippen LogP contribution in [0.2, 0.25) is 10.0 Å². The van der Waals surface area contributed by atoms with E-state index >= 15 is 4.39 Å². The first-order valence-corrected chi connectivity index (χ1v) is 18.6. The molecule has 278 valence electrons. The van der Waals surface area contributed by atoms with Crippen LogP contribution in [0.25, 0.3) is 23.0 Å². The van der Waals surface area contributed by atoms with E-state index in [1.807, 2.05) is 10.7 Å². The molecule has 0 saturated carbocycles. The molecule has 0 spiro atoms. The zero-order chi connectivity index (χ0) is 37.2. The van der Waals surface area contributed by atoms with Crippen molar-refractivity contribution in [3.05, 3.63) is 93.0 Å². The van der Waals surface area contributed by atoms with Crippen molar-refractivity contribution in [3.63, 3.8) is 0 Å². The molecule has 2 atom stereocenters. The summed E-state index contributed by atoms with van der Waals surface area (Å²) in [6.45, 7) is 3.94. The Kier molecular flexibility index (Phi) is 11.1. The van der Waals surface area contributed by atoms with E-state index in [0.717, 1.165) is 30.6 Å². The second-order valence-corrected chi connectivity index (χ2v) is 14.6. The van der Waals surface area contributed by atoms with Gasteiger partial charge in [-0.25, -0.2) is 4.39 Å². The summed E-state index contributed by atoms with van der Waals surface area (Å²) in [5.74, 6) is -1.57. The second-order valence-electron chi connectivity index (χ2n) is 13.9. The molecular formula is C39H41Cl2FN6O5. The summed E-state index contributed by atoms with van der Waals surface area (Å²) in [5.41, 5.74) is 3.99. The molecule has 5 heterocycles. The van der Waals surface area contributed by atoms with Crippen molar-refractivity contribution >= 4 is 52.7 Å². The summed E-state index contributed by atoms with van der Waals surface area (Å²) in [6, 6.07) is 13.9. The molecule has 0 bridgehead atoms. The van der Waals surface area contributed by atoms with Gasteiger partial charge in [0.1, 0.15) is 17.3 Å². The number of pyridine rings is 1. The number of benzene rings is 2. The fourth-order valence-corrected chi connectivity index (χ4v) is 8.16. The maximum absolute atomic E-state index is 15.7. The fraction of sp³-hybridized carbons (Fsp3) is 0.385. The van der Waals surface area contributed by atoms with Gasteiger partial charge in [-0.15, -0.1) is 0 Å². The number of nitrogens with one attached hydrogen (secondary N) is 1. The zero-order valence-electron chi connectivity index (χ0n) is 29.3. The lowest BCUT2D eigenvalue weighted by atomic mass is 9.93. The molecule has 3 aliphatic heterocycles. The number of carboxylic acids is 1. The van der Waals surface area contributed by atoms with Crippen LogP contribution < -0.4 is 10.1 Å². The van der Waals surface area contributed by atoms with Crippen LogP contribution in [0, 0.1) is 5.92 Å². The van der Waals surface area contributed by atoms with Gasteiger partial charge in [-0.2, -0.15) is 5.10 Å². The number of carbonyl (C=O) groups is 2. The normalized spacial score (nSPS) is 20.0. The summed E-state index contributed by atoms with van der Waals surface area (Å²) < 4.78 is 23.1. The summed E-state index contributed by atoms with van der Waals surface area (Å²) in [5, 5.41) is 27.3. The van der Waals surface area contributed by atoms with E-state index in [9.17, 15) is 19.8 Å². The number of aliphatic hydroxyl groups excluding tert-OH is 1. The van der Waals surface area contributed by atoms with Gasteiger partial charge in [0.05, 0.1) is 46.6 Å². The fourth-order valence-electron chi connectivity index (χ4n) is 7.60. The van der Waals surface area contributed by atoms with Gasteiger partial charge < -0.3 is 20.3 Å². The summed E-state index contributed by atoms with van der Waals surface area (Å²) in [6.07, 6.45) is 6.30. The van der Waals surface area contributed by atoms with Crippen molar-refractivity contribution in [1.29, 1.82) is 0 Å². The molecule has 2 aromatic carbocycles. The third kappa shape index (κ3) is 7.97. The highest BCUT2D eigenvalue weighted by molar-refractivity contribution is 6.39. The Bertz CT molecular complexity index is 2050. The predicted octanol–water partition coefficient (Wildman–Crippen LogP) is 7.18. The largest absolute Gasteiger partial charge is 0.496 e. The smallest absolute Gasteiger partial charge is 0.306 e. The molecule has 3 aliphatic rings. The lowest BCUT2D eigenvalue weighted by Gasteiger charge is -2.38. The van der Waals surface area contributed by atoms with E-state index in [2.05, 4.69) is 25.2 Å². The van der Waals surface area contributed by atoms with Crippen molar-refractivity contribution in [3.8, 4) is 16.9 Å². The van der Waals surface area contributed by atoms with E-state index in [1.54, 1.807) is 48.7 Å². The average molecular weight is 764 g/mol. The van der Waals surface area contributed by atoms with Gasteiger partial charge in [0.15, 0.2) is 5.69 Å². The number of hydrogen-bond acceptors (Lipinski definition) is 8. The highest BCUT2D eigenvalue weighted by Crippen LogP contribution is 2.40. The first-order valence-electron chi connectivity index (χ1n) is 17.8. The van der Waals surface area contributed by atoms with Crippen LogP contribution >= 0.6 is 23.2 Å². The molecule has 0 unspecified atom stereocenters. The molecule has 0 aliphatic carbocycles. The number of likely N-dealkylation sites (tertiary alicyclic amines) is 2. The lowest BCUT2D eigenvalue weighted by molar-refractivity contribution is -0.143. The Balaban J connectivity index is 1.08. The number of nitrogens with zero attached hydrogens (tertiary/aromatic N) is 5. The molecule has 4 aromatic rings. The Hall–Kier alpha value is -4.33. The highest BCUT2D eigenvalue weighted by atomic mass is 35.5. The topological polar surface area (TPSA) is 133 Å². The number of β-amino-alcohol motifs (C(OH)–C–C–N with tert-alkyl or cyclic N) is 1. The van der Waals surface area contributed by atoms with Crippen molar-refractivity contribution in [2.75, 3.05) is 38.6 Å². The maximum atomic E-state index is 15.7. The van der Waals surface area contributed by atoms with Gasteiger partial charge in [0.2, 0.25) is 0 Å². The summed E-state index contributed by atoms with van der Waals surface area (Å²) >= 11 is 13.8. The Morgan fingerprint density at radius 1 is 1.00 bits per heavy atom. The number of aliphatic carboxylic acids is 1. The van der Waals surface area contributed by atoms with Crippen LogP contribution in [-0.2, 0) is 17.9 Å². The lowest BCUT2D eigenvalue weighted by Crippen LogP contribution is -2.40. The van der Waals surface area contributed by atoms with Crippen LogP contribution in [0.4, 0.5) is 10.1 Å². The van der Waals surface area contributed by atoms with Crippen molar-refractivity contribution in [1.82, 2.24) is 24.6 Å². The first kappa shape index (κ1) is 37.0. The van der Waals surface area contributed by atoms with Gasteiger partial charge in [-0.1, -0.05) is 53.5 Å². The predicted molar refractivity (Wildman–Crippen MR) is 202 cm³/mol. The van der Waals surface area contributed by atoms with E-state index in [-0.39, 0.29) is 39.5 Å². The average Bonchev–Trinajstić information content (AvgIpc) is 3.79. The molecule has 2 aromatic heterocycles. The van der Waals surface area contributed by atoms with Gasteiger partial charge in [-0.3, -0.25) is 29.1 Å². The van der Waals surface area contributed by atoms with Crippen LogP contribution in [0.15, 0.2) is 54.7 Å². The number of methoxy groups -OCH3 is 1. The maximum Gasteiger partial charge on any atom is 0.306 e. The molecule has 53 heavy (non-hydrogen) atoms. The second kappa shape index (κ2) is 16.0. The van der Waals surface area contributed by atoms with Crippen molar-refractivity contribution < 1.29 is 28.9 Å². The number of aliphatic hydroxyl groups is 1. The Morgan fingerprint density at radius 2 is 1.75 bits per heavy atom. The van der Waals surface area contributed by atoms with Gasteiger partial charge in [0, 0.05) is 55.1 Å². The molecule has 1 amide bonds. The van der Waals surface area contributed by atoms with E-state index < -0.39 is 17.7 Å². The van der Waals surface area contributed by atoms with E-state index in [4.69, 9.17) is 27.9 Å². The first-order chi connectivity index (χ1) is 25.6. The number of aromatic nitrogens is 3. The minimum Gasteiger partial charge on any atom is -0.496 e. The van der Waals surface area contributed by atoms with Gasteiger partial charge in [-0.05, 0) is 69.0 Å². The third-order valence-electron chi connectivity index (χ3n) is 10.4. The number of piperidine rings is 1. The number of amides is 1. The molecule has 2 fully saturated rings. The van der Waals surface area contributed by atoms with Crippen molar-refractivity contribution in [2.24, 2.45) is 5.92 Å². The number of halogens is 3. The molecular weight excluding hydrogens is 722 g/mol. The van der Waals surface area contributed by atoms with Crippen LogP contribution in [0.1, 0.15) is 71.1 Å². The Morgan fingerprint density at radius 3 is 2.47 bits per heavy atom. The molecule has 14 heteroatoms. The van der Waals surface area contributed by atoms with Crippen molar-refractivity contribution in [2.45, 2.75) is 57.3 Å². The number of rotatable bonds is 10. The molecule has 11 nitrogen and oxygen atoms in total. The van der Waals surface area contributed by atoms with Crippen LogP contribution in [-0.4, -0.2) is 86.0 Å². The summed E-state index contributed by atoms with van der Waals surface area (Å²) in [7, 11) is 1.53. The number of fused-ring (bicyclic) bond motifs is 1. The third-order valence-corrected chi connectivity index (χ3v) is 11.3. The van der Waals surface area contributed by atoms with E-state index in [0.29, 0.717) is 80.1 Å². The number of carbonyl (C=O) groups excluding carboxylic acids is 1. The molecule has 7 rings (SSSR count). The summed E-state index contributed by atoms with van der Waals surface area (Å²) in [4.78, 5) is 33.8. The van der Waals surface area contributed by atoms with Crippen LogP contribution in [0.5, 0.6) is 5.75 Å².